The number of hydrogen-bond donors (Lipinski definition) is 2. The molecule has 0 unspecified atom stereocenters. The van der Waals surface area contributed by atoms with E-state index < -0.39 is 5.92 Å². The molecule has 0 spiro atoms. The third-order valence-corrected chi connectivity index (χ3v) is 4.56. The predicted octanol–water partition coefficient (Wildman–Crippen LogP) is 1.10. The zero-order chi connectivity index (χ0) is 19.1. The Balaban J connectivity index is 1.38. The Bertz CT molecular complexity index is 774. The number of nitrogens with one attached hydrogen (secondary N) is 2. The van der Waals surface area contributed by atoms with Crippen LogP contribution in [0.5, 0.6) is 0 Å². The number of nitrogens with zero attached hydrogens (tertiary/aromatic N) is 1. The van der Waals surface area contributed by atoms with Crippen LogP contribution in [0.2, 0.25) is 0 Å². The van der Waals surface area contributed by atoms with E-state index in [1.54, 1.807) is 17.0 Å². The van der Waals surface area contributed by atoms with Crippen molar-refractivity contribution in [3.05, 3.63) is 60.1 Å². The van der Waals surface area contributed by atoms with Gasteiger partial charge in [-0.15, -0.1) is 0 Å². The van der Waals surface area contributed by atoms with Crippen LogP contribution in [0.4, 0.5) is 0 Å². The number of carbonyl (C=O) groups is 3. The van der Waals surface area contributed by atoms with Gasteiger partial charge in [-0.05, 0) is 24.1 Å². The molecule has 142 valence electrons. The van der Waals surface area contributed by atoms with E-state index in [9.17, 15) is 14.4 Å². The van der Waals surface area contributed by atoms with Crippen molar-refractivity contribution in [1.82, 2.24) is 15.5 Å². The van der Waals surface area contributed by atoms with Crippen molar-refractivity contribution in [1.29, 1.82) is 0 Å². The van der Waals surface area contributed by atoms with Crippen LogP contribution in [0.3, 0.4) is 0 Å². The SMILES string of the molecule is O=C(CNC(=O)[C@@H]1CC(=O)N(CCc2ccccc2)C1)NCc1ccco1. The van der Waals surface area contributed by atoms with Crippen molar-refractivity contribution in [2.24, 2.45) is 5.92 Å². The second-order valence-corrected chi connectivity index (χ2v) is 6.55. The maximum absolute atomic E-state index is 12.3. The van der Waals surface area contributed by atoms with E-state index in [1.807, 2.05) is 30.3 Å². The molecule has 7 heteroatoms. The molecule has 1 aromatic carbocycles. The highest BCUT2D eigenvalue weighted by atomic mass is 16.3. The average molecular weight is 369 g/mol. The van der Waals surface area contributed by atoms with Gasteiger partial charge >= 0.3 is 0 Å². The minimum atomic E-state index is -0.411. The number of amides is 3. The molecule has 0 bridgehead atoms. The van der Waals surface area contributed by atoms with Crippen LogP contribution in [0.1, 0.15) is 17.7 Å². The molecule has 0 aliphatic carbocycles. The van der Waals surface area contributed by atoms with Crippen LogP contribution in [-0.4, -0.2) is 42.3 Å². The zero-order valence-corrected chi connectivity index (χ0v) is 15.0. The lowest BCUT2D eigenvalue weighted by Gasteiger charge is -2.16. The molecule has 1 aliphatic rings. The molecule has 1 atom stereocenters. The van der Waals surface area contributed by atoms with Gasteiger partial charge in [-0.1, -0.05) is 30.3 Å². The lowest BCUT2D eigenvalue weighted by molar-refractivity contribution is -0.129. The molecule has 2 heterocycles. The third kappa shape index (κ3) is 5.44. The first-order chi connectivity index (χ1) is 13.1. The highest BCUT2D eigenvalue weighted by Gasteiger charge is 2.33. The summed E-state index contributed by atoms with van der Waals surface area (Å²) in [7, 11) is 0. The summed E-state index contributed by atoms with van der Waals surface area (Å²) in [5, 5.41) is 5.27. The summed E-state index contributed by atoms with van der Waals surface area (Å²) >= 11 is 0. The summed E-state index contributed by atoms with van der Waals surface area (Å²) in [6.45, 7) is 1.15. The Morgan fingerprint density at radius 2 is 1.93 bits per heavy atom. The topological polar surface area (TPSA) is 91.7 Å². The summed E-state index contributed by atoms with van der Waals surface area (Å²) in [4.78, 5) is 37.9. The largest absolute Gasteiger partial charge is 0.467 e. The van der Waals surface area contributed by atoms with E-state index >= 15 is 0 Å². The Labute approximate surface area is 157 Å². The van der Waals surface area contributed by atoms with Gasteiger partial charge in [-0.3, -0.25) is 14.4 Å². The molecule has 27 heavy (non-hydrogen) atoms. The number of hydrogen-bond acceptors (Lipinski definition) is 4. The van der Waals surface area contributed by atoms with E-state index in [4.69, 9.17) is 4.42 Å². The van der Waals surface area contributed by atoms with Crippen molar-refractivity contribution in [3.63, 3.8) is 0 Å². The normalized spacial score (nSPS) is 16.4. The van der Waals surface area contributed by atoms with Gasteiger partial charge in [-0.2, -0.15) is 0 Å². The third-order valence-electron chi connectivity index (χ3n) is 4.56. The minimum Gasteiger partial charge on any atom is -0.467 e. The molecule has 1 saturated heterocycles. The molecular formula is C20H23N3O4. The lowest BCUT2D eigenvalue weighted by Crippen LogP contribution is -2.40. The van der Waals surface area contributed by atoms with Gasteiger partial charge in [0.25, 0.3) is 0 Å². The van der Waals surface area contributed by atoms with Gasteiger partial charge in [-0.25, -0.2) is 0 Å². The number of benzene rings is 1. The summed E-state index contributed by atoms with van der Waals surface area (Å²) < 4.78 is 5.12. The van der Waals surface area contributed by atoms with Gasteiger partial charge in [0.2, 0.25) is 17.7 Å². The molecule has 2 aromatic rings. The molecule has 2 N–H and O–H groups in total. The number of rotatable bonds is 8. The van der Waals surface area contributed by atoms with E-state index in [-0.39, 0.29) is 37.2 Å². The summed E-state index contributed by atoms with van der Waals surface area (Å²) in [6.07, 6.45) is 2.48. The fourth-order valence-electron chi connectivity index (χ4n) is 3.05. The predicted molar refractivity (Wildman–Crippen MR) is 98.4 cm³/mol. The van der Waals surface area contributed by atoms with Crippen molar-refractivity contribution in [3.8, 4) is 0 Å². The quantitative estimate of drug-likeness (QED) is 0.729. The highest BCUT2D eigenvalue weighted by Crippen LogP contribution is 2.18. The van der Waals surface area contributed by atoms with Crippen LogP contribution in [-0.2, 0) is 27.3 Å². The second-order valence-electron chi connectivity index (χ2n) is 6.55. The van der Waals surface area contributed by atoms with Crippen LogP contribution < -0.4 is 10.6 Å². The Morgan fingerprint density at radius 3 is 2.67 bits per heavy atom. The Kier molecular flexibility index (Phi) is 6.25. The molecule has 0 saturated carbocycles. The molecule has 3 rings (SSSR count). The summed E-state index contributed by atoms with van der Waals surface area (Å²) in [5.74, 6) is -0.353. The summed E-state index contributed by atoms with van der Waals surface area (Å²) in [6, 6.07) is 13.4. The van der Waals surface area contributed by atoms with Crippen molar-refractivity contribution < 1.29 is 18.8 Å². The van der Waals surface area contributed by atoms with Gasteiger partial charge in [0.05, 0.1) is 25.3 Å². The van der Waals surface area contributed by atoms with Gasteiger partial charge in [0.15, 0.2) is 0 Å². The zero-order valence-electron chi connectivity index (χ0n) is 15.0. The first-order valence-corrected chi connectivity index (χ1v) is 9.00. The van der Waals surface area contributed by atoms with E-state index in [1.165, 1.54) is 6.26 Å². The van der Waals surface area contributed by atoms with Crippen molar-refractivity contribution >= 4 is 17.7 Å². The molecule has 0 radical (unpaired) electrons. The monoisotopic (exact) mass is 369 g/mol. The van der Waals surface area contributed by atoms with E-state index in [0.717, 1.165) is 12.0 Å². The average Bonchev–Trinajstić information content (AvgIpc) is 3.33. The molecule has 1 fully saturated rings. The van der Waals surface area contributed by atoms with Gasteiger partial charge < -0.3 is 20.0 Å². The van der Waals surface area contributed by atoms with Gasteiger partial charge in [0, 0.05) is 19.5 Å². The van der Waals surface area contributed by atoms with E-state index in [0.29, 0.717) is 18.8 Å². The maximum Gasteiger partial charge on any atom is 0.239 e. The molecule has 7 nitrogen and oxygen atoms in total. The molecule has 1 aliphatic heterocycles. The smallest absolute Gasteiger partial charge is 0.239 e. The van der Waals surface area contributed by atoms with Gasteiger partial charge in [0.1, 0.15) is 5.76 Å². The fourth-order valence-corrected chi connectivity index (χ4v) is 3.05. The molecule has 3 amide bonds. The van der Waals surface area contributed by atoms with Crippen molar-refractivity contribution in [2.75, 3.05) is 19.6 Å². The standard InChI is InChI=1S/C20H23N3O4/c24-18(21-12-17-7-4-10-27-17)13-22-20(26)16-11-19(25)23(14-16)9-8-15-5-2-1-3-6-15/h1-7,10,16H,8-9,11-14H2,(H,21,24)(H,22,26)/t16-/m1/s1. The van der Waals surface area contributed by atoms with Crippen LogP contribution in [0.15, 0.2) is 53.1 Å². The Hall–Kier alpha value is -3.09. The highest BCUT2D eigenvalue weighted by molar-refractivity contribution is 5.91. The maximum atomic E-state index is 12.3. The van der Waals surface area contributed by atoms with Crippen LogP contribution in [0.25, 0.3) is 0 Å². The Morgan fingerprint density at radius 1 is 1.11 bits per heavy atom. The lowest BCUT2D eigenvalue weighted by atomic mass is 10.1. The number of furan rings is 1. The second kappa shape index (κ2) is 9.02. The molecule has 1 aromatic heterocycles. The minimum absolute atomic E-state index is 0.0200. The van der Waals surface area contributed by atoms with Crippen LogP contribution >= 0.6 is 0 Å². The van der Waals surface area contributed by atoms with E-state index in [2.05, 4.69) is 10.6 Å². The number of carbonyl (C=O) groups excluding carboxylic acids is 3. The van der Waals surface area contributed by atoms with Crippen LogP contribution in [0, 0.1) is 5.92 Å². The fraction of sp³-hybridized carbons (Fsp3) is 0.350. The van der Waals surface area contributed by atoms with Crippen molar-refractivity contribution in [2.45, 2.75) is 19.4 Å². The first kappa shape index (κ1) is 18.7. The summed E-state index contributed by atoms with van der Waals surface area (Å²) in [5.41, 5.74) is 1.16. The first-order valence-electron chi connectivity index (χ1n) is 9.00. The number of likely N-dealkylation sites (tertiary alicyclic amines) is 1. The molecular weight excluding hydrogens is 346 g/mol.